The van der Waals surface area contributed by atoms with Gasteiger partial charge in [-0.25, -0.2) is 9.97 Å². The molecule has 0 spiro atoms. The Bertz CT molecular complexity index is 416. The summed E-state index contributed by atoms with van der Waals surface area (Å²) in [7, 11) is 0. The zero-order chi connectivity index (χ0) is 13.5. The molecular weight excluding hydrogens is 238 g/mol. The monoisotopic (exact) mass is 255 g/mol. The fourth-order valence-corrected chi connectivity index (χ4v) is 1.75. The number of nitrogens with zero attached hydrogens (tertiary/aromatic N) is 2. The number of carboxylic acid groups (broad SMARTS) is 1. The van der Waals surface area contributed by atoms with Crippen molar-refractivity contribution in [2.24, 2.45) is 0 Å². The van der Waals surface area contributed by atoms with Crippen LogP contribution in [0.15, 0.2) is 6.20 Å². The molecule has 1 aromatic rings. The van der Waals surface area contributed by atoms with Crippen molar-refractivity contribution in [2.45, 2.75) is 44.9 Å². The standard InChI is InChI=1S/C11H17N3O4/c1-2-3-4-5-6-8(11(15)16)10-12-7-9(13-10)14(17)18/h7-8H,2-6H2,1H3,(H,12,13)(H,15,16). The van der Waals surface area contributed by atoms with Crippen molar-refractivity contribution in [3.8, 4) is 0 Å². The van der Waals surface area contributed by atoms with Crippen LogP contribution >= 0.6 is 0 Å². The highest BCUT2D eigenvalue weighted by Gasteiger charge is 2.26. The van der Waals surface area contributed by atoms with Gasteiger partial charge in [0, 0.05) is 0 Å². The predicted molar refractivity (Wildman–Crippen MR) is 64.4 cm³/mol. The summed E-state index contributed by atoms with van der Waals surface area (Å²) < 4.78 is 0. The van der Waals surface area contributed by atoms with Crippen LogP contribution in [0.3, 0.4) is 0 Å². The number of carbonyl (C=O) groups is 1. The molecule has 0 aliphatic rings. The quantitative estimate of drug-likeness (QED) is 0.421. The first-order chi connectivity index (χ1) is 8.56. The third kappa shape index (κ3) is 3.83. The summed E-state index contributed by atoms with van der Waals surface area (Å²) in [5.41, 5.74) is 0. The Hall–Kier alpha value is -1.92. The Labute approximate surface area is 104 Å². The third-order valence-electron chi connectivity index (χ3n) is 2.75. The van der Waals surface area contributed by atoms with E-state index in [0.29, 0.717) is 6.42 Å². The van der Waals surface area contributed by atoms with Gasteiger partial charge in [-0.2, -0.15) is 0 Å². The van der Waals surface area contributed by atoms with E-state index < -0.39 is 16.8 Å². The second-order valence-corrected chi connectivity index (χ2v) is 4.15. The zero-order valence-corrected chi connectivity index (χ0v) is 10.3. The predicted octanol–water partition coefficient (Wildman–Crippen LogP) is 2.46. The lowest BCUT2D eigenvalue weighted by molar-refractivity contribution is -0.389. The molecule has 0 fully saturated rings. The Morgan fingerprint density at radius 3 is 2.78 bits per heavy atom. The number of aliphatic carboxylic acids is 1. The number of imidazole rings is 1. The highest BCUT2D eigenvalue weighted by Crippen LogP contribution is 2.22. The van der Waals surface area contributed by atoms with Gasteiger partial charge in [-0.1, -0.05) is 32.6 Å². The van der Waals surface area contributed by atoms with Crippen LogP contribution in [-0.2, 0) is 4.79 Å². The highest BCUT2D eigenvalue weighted by atomic mass is 16.6. The fraction of sp³-hybridized carbons (Fsp3) is 0.636. The van der Waals surface area contributed by atoms with Crippen LogP contribution in [-0.4, -0.2) is 26.0 Å². The highest BCUT2D eigenvalue weighted by molar-refractivity contribution is 5.74. The van der Waals surface area contributed by atoms with Crippen molar-refractivity contribution in [2.75, 3.05) is 0 Å². The first-order valence-corrected chi connectivity index (χ1v) is 5.98. The van der Waals surface area contributed by atoms with Gasteiger partial charge in [-0.05, 0) is 11.3 Å². The number of H-pyrrole nitrogens is 1. The van der Waals surface area contributed by atoms with Gasteiger partial charge in [-0.15, -0.1) is 0 Å². The third-order valence-corrected chi connectivity index (χ3v) is 2.75. The minimum atomic E-state index is -1.00. The largest absolute Gasteiger partial charge is 0.481 e. The van der Waals surface area contributed by atoms with Crippen LogP contribution in [0.2, 0.25) is 0 Å². The van der Waals surface area contributed by atoms with Crippen LogP contribution in [0.4, 0.5) is 5.82 Å². The SMILES string of the molecule is CCCCCCC(C(=O)O)c1ncc([N+](=O)[O-])[nH]1. The van der Waals surface area contributed by atoms with Gasteiger partial charge in [0.25, 0.3) is 0 Å². The Kier molecular flexibility index (Phi) is 5.29. The van der Waals surface area contributed by atoms with E-state index in [0.717, 1.165) is 31.9 Å². The second kappa shape index (κ2) is 6.73. The van der Waals surface area contributed by atoms with Gasteiger partial charge in [0.2, 0.25) is 5.82 Å². The average Bonchev–Trinajstić information content (AvgIpc) is 2.77. The number of aromatic nitrogens is 2. The molecule has 1 unspecified atom stereocenters. The molecular formula is C11H17N3O4. The summed E-state index contributed by atoms with van der Waals surface area (Å²) in [4.78, 5) is 27.2. The van der Waals surface area contributed by atoms with Crippen molar-refractivity contribution in [1.29, 1.82) is 0 Å². The number of unbranched alkanes of at least 4 members (excludes halogenated alkanes) is 3. The van der Waals surface area contributed by atoms with Gasteiger partial charge in [-0.3, -0.25) is 4.79 Å². The van der Waals surface area contributed by atoms with Crippen molar-refractivity contribution < 1.29 is 14.8 Å². The van der Waals surface area contributed by atoms with Crippen molar-refractivity contribution >= 4 is 11.8 Å². The van der Waals surface area contributed by atoms with E-state index >= 15 is 0 Å². The summed E-state index contributed by atoms with van der Waals surface area (Å²) >= 11 is 0. The van der Waals surface area contributed by atoms with Gasteiger partial charge in [0.1, 0.15) is 12.1 Å². The molecule has 0 amide bonds. The molecule has 18 heavy (non-hydrogen) atoms. The molecule has 0 aliphatic heterocycles. The lowest BCUT2D eigenvalue weighted by Gasteiger charge is -2.06. The molecule has 1 aromatic heterocycles. The van der Waals surface area contributed by atoms with Crippen molar-refractivity contribution in [1.82, 2.24) is 9.97 Å². The lowest BCUT2D eigenvalue weighted by Crippen LogP contribution is -2.13. The minimum absolute atomic E-state index is 0.158. The maximum absolute atomic E-state index is 11.1. The minimum Gasteiger partial charge on any atom is -0.481 e. The number of hydrogen-bond acceptors (Lipinski definition) is 4. The molecule has 1 heterocycles. The number of nitrogens with one attached hydrogen (secondary N) is 1. The van der Waals surface area contributed by atoms with Crippen molar-refractivity contribution in [3.63, 3.8) is 0 Å². The van der Waals surface area contributed by atoms with Crippen LogP contribution in [0.1, 0.15) is 50.8 Å². The molecule has 1 rings (SSSR count). The molecule has 1 atom stereocenters. The van der Waals surface area contributed by atoms with E-state index in [1.807, 2.05) is 0 Å². The Morgan fingerprint density at radius 1 is 1.56 bits per heavy atom. The second-order valence-electron chi connectivity index (χ2n) is 4.15. The molecule has 2 N–H and O–H groups in total. The summed E-state index contributed by atoms with van der Waals surface area (Å²) in [5, 5.41) is 19.6. The maximum atomic E-state index is 11.1. The van der Waals surface area contributed by atoms with E-state index in [-0.39, 0.29) is 11.6 Å². The van der Waals surface area contributed by atoms with E-state index in [4.69, 9.17) is 5.11 Å². The average molecular weight is 255 g/mol. The molecule has 0 saturated carbocycles. The molecule has 0 saturated heterocycles. The van der Waals surface area contributed by atoms with Crippen LogP contribution in [0.25, 0.3) is 0 Å². The zero-order valence-electron chi connectivity index (χ0n) is 10.3. The number of carboxylic acids is 1. The van der Waals surface area contributed by atoms with E-state index in [2.05, 4.69) is 16.9 Å². The molecule has 0 aliphatic carbocycles. The summed E-state index contributed by atoms with van der Waals surface area (Å²) in [5.74, 6) is -1.91. The number of nitro groups is 1. The Balaban J connectivity index is 2.65. The molecule has 7 heteroatoms. The van der Waals surface area contributed by atoms with Crippen LogP contribution < -0.4 is 0 Å². The molecule has 0 radical (unpaired) electrons. The number of hydrogen-bond donors (Lipinski definition) is 2. The lowest BCUT2D eigenvalue weighted by atomic mass is 10.0. The first-order valence-electron chi connectivity index (χ1n) is 5.98. The van der Waals surface area contributed by atoms with Gasteiger partial charge < -0.3 is 15.2 Å². The molecule has 100 valence electrons. The summed E-state index contributed by atoms with van der Waals surface area (Å²) in [6.07, 6.45) is 5.37. The summed E-state index contributed by atoms with van der Waals surface area (Å²) in [6, 6.07) is 0. The molecule has 0 bridgehead atoms. The number of rotatable bonds is 8. The molecule has 7 nitrogen and oxygen atoms in total. The topological polar surface area (TPSA) is 109 Å². The summed E-state index contributed by atoms with van der Waals surface area (Å²) in [6.45, 7) is 2.07. The first kappa shape index (κ1) is 14.1. The van der Waals surface area contributed by atoms with Crippen LogP contribution in [0, 0.1) is 10.1 Å². The Morgan fingerprint density at radius 2 is 2.28 bits per heavy atom. The van der Waals surface area contributed by atoms with Crippen LogP contribution in [0.5, 0.6) is 0 Å². The maximum Gasteiger partial charge on any atom is 0.340 e. The van der Waals surface area contributed by atoms with Gasteiger partial charge >= 0.3 is 11.8 Å². The van der Waals surface area contributed by atoms with Gasteiger partial charge in [0.15, 0.2) is 0 Å². The van der Waals surface area contributed by atoms with E-state index in [1.165, 1.54) is 0 Å². The fourth-order valence-electron chi connectivity index (χ4n) is 1.75. The molecule has 0 aromatic carbocycles. The van der Waals surface area contributed by atoms with E-state index in [9.17, 15) is 14.9 Å². The van der Waals surface area contributed by atoms with Crippen molar-refractivity contribution in [3.05, 3.63) is 22.1 Å². The van der Waals surface area contributed by atoms with E-state index in [1.54, 1.807) is 0 Å². The smallest absolute Gasteiger partial charge is 0.340 e. The van der Waals surface area contributed by atoms with Gasteiger partial charge in [0.05, 0.1) is 0 Å². The number of aromatic amines is 1. The normalized spacial score (nSPS) is 12.3.